The van der Waals surface area contributed by atoms with E-state index in [0.29, 0.717) is 12.4 Å². The van der Waals surface area contributed by atoms with E-state index in [-0.39, 0.29) is 22.7 Å². The summed E-state index contributed by atoms with van der Waals surface area (Å²) in [7, 11) is 1.63. The SMILES string of the molecule is COCc1ccccc1C(O)NC12CC(NC(O)COc3ccc(Cl)c(F)c3)(C1)C2. The third-order valence-electron chi connectivity index (χ3n) is 5.89. The van der Waals surface area contributed by atoms with Crippen molar-refractivity contribution < 1.29 is 24.1 Å². The van der Waals surface area contributed by atoms with Gasteiger partial charge >= 0.3 is 0 Å². The topological polar surface area (TPSA) is 83.0 Å². The average molecular weight is 437 g/mol. The van der Waals surface area contributed by atoms with Gasteiger partial charge in [0.05, 0.1) is 11.6 Å². The number of hydrogen-bond donors (Lipinski definition) is 4. The summed E-state index contributed by atoms with van der Waals surface area (Å²) in [5, 5.41) is 27.5. The number of ether oxygens (including phenoxy) is 2. The van der Waals surface area contributed by atoms with Crippen LogP contribution in [0.4, 0.5) is 4.39 Å². The van der Waals surface area contributed by atoms with Gasteiger partial charge in [-0.1, -0.05) is 35.9 Å². The van der Waals surface area contributed by atoms with Crippen molar-refractivity contribution in [1.82, 2.24) is 10.6 Å². The number of methoxy groups -OCH3 is 1. The van der Waals surface area contributed by atoms with Crippen LogP contribution < -0.4 is 15.4 Å². The van der Waals surface area contributed by atoms with Gasteiger partial charge in [-0.05, 0) is 37.0 Å². The van der Waals surface area contributed by atoms with Gasteiger partial charge in [-0.3, -0.25) is 10.6 Å². The predicted octanol–water partition coefficient (Wildman–Crippen LogP) is 2.87. The van der Waals surface area contributed by atoms with E-state index in [1.807, 2.05) is 24.3 Å². The molecule has 2 aromatic carbocycles. The van der Waals surface area contributed by atoms with Crippen LogP contribution in [0.5, 0.6) is 5.75 Å². The molecule has 2 aromatic rings. The Morgan fingerprint density at radius 2 is 1.80 bits per heavy atom. The van der Waals surface area contributed by atoms with Gasteiger partial charge in [0.25, 0.3) is 0 Å². The lowest BCUT2D eigenvalue weighted by Gasteiger charge is -2.71. The van der Waals surface area contributed by atoms with Crippen LogP contribution in [-0.4, -0.2) is 41.2 Å². The molecule has 3 aliphatic carbocycles. The molecule has 0 spiro atoms. The van der Waals surface area contributed by atoms with Gasteiger partial charge in [0.2, 0.25) is 0 Å². The molecular weight excluding hydrogens is 411 g/mol. The van der Waals surface area contributed by atoms with Crippen molar-refractivity contribution >= 4 is 11.6 Å². The monoisotopic (exact) mass is 436 g/mol. The van der Waals surface area contributed by atoms with E-state index < -0.39 is 18.3 Å². The van der Waals surface area contributed by atoms with Crippen LogP contribution in [0.25, 0.3) is 0 Å². The normalized spacial score (nSPS) is 26.4. The Morgan fingerprint density at radius 1 is 1.10 bits per heavy atom. The molecule has 8 heteroatoms. The molecule has 0 heterocycles. The standard InChI is InChI=1S/C22H26ClFN2O4/c1-29-9-14-4-2-3-5-16(14)20(28)26-22-11-21(12-22,13-22)25-19(27)10-30-15-6-7-17(23)18(24)8-15/h2-8,19-20,25-28H,9-13H2,1H3. The molecule has 5 rings (SSSR count). The van der Waals surface area contributed by atoms with Crippen molar-refractivity contribution in [2.24, 2.45) is 0 Å². The van der Waals surface area contributed by atoms with E-state index in [9.17, 15) is 14.6 Å². The van der Waals surface area contributed by atoms with Gasteiger partial charge in [0.15, 0.2) is 0 Å². The number of hydrogen-bond acceptors (Lipinski definition) is 6. The highest BCUT2D eigenvalue weighted by molar-refractivity contribution is 6.30. The van der Waals surface area contributed by atoms with E-state index in [1.165, 1.54) is 12.1 Å². The molecule has 3 saturated carbocycles. The molecule has 2 unspecified atom stereocenters. The molecule has 162 valence electrons. The third-order valence-corrected chi connectivity index (χ3v) is 6.20. The maximum atomic E-state index is 13.5. The third kappa shape index (κ3) is 4.32. The van der Waals surface area contributed by atoms with Crippen LogP contribution in [0.15, 0.2) is 42.5 Å². The molecule has 4 N–H and O–H groups in total. The van der Waals surface area contributed by atoms with Gasteiger partial charge in [-0.2, -0.15) is 0 Å². The van der Waals surface area contributed by atoms with Crippen molar-refractivity contribution in [2.75, 3.05) is 13.7 Å². The maximum absolute atomic E-state index is 13.5. The molecule has 3 aliphatic rings. The highest BCUT2D eigenvalue weighted by Crippen LogP contribution is 2.61. The number of rotatable bonds is 10. The fraction of sp³-hybridized carbons (Fsp3) is 0.455. The fourth-order valence-electron chi connectivity index (χ4n) is 4.69. The minimum atomic E-state index is -0.880. The van der Waals surface area contributed by atoms with E-state index in [1.54, 1.807) is 13.2 Å². The van der Waals surface area contributed by atoms with E-state index in [2.05, 4.69) is 10.6 Å². The first-order valence-corrected chi connectivity index (χ1v) is 10.3. The molecular formula is C22H26ClFN2O4. The van der Waals surface area contributed by atoms with Crippen LogP contribution in [-0.2, 0) is 11.3 Å². The lowest BCUT2D eigenvalue weighted by Crippen LogP contribution is -2.84. The summed E-state index contributed by atoms with van der Waals surface area (Å²) in [6.45, 7) is 0.438. The Kier molecular flexibility index (Phi) is 6.03. The first-order valence-electron chi connectivity index (χ1n) is 9.90. The summed E-state index contributed by atoms with van der Waals surface area (Å²) in [4.78, 5) is 0. The van der Waals surface area contributed by atoms with E-state index in [4.69, 9.17) is 21.1 Å². The van der Waals surface area contributed by atoms with Crippen molar-refractivity contribution in [2.45, 2.75) is 49.4 Å². The average Bonchev–Trinajstić information content (AvgIpc) is 2.67. The van der Waals surface area contributed by atoms with Crippen LogP contribution >= 0.6 is 11.6 Å². The van der Waals surface area contributed by atoms with Gasteiger partial charge in [0, 0.05) is 29.8 Å². The summed E-state index contributed by atoms with van der Waals surface area (Å²) < 4.78 is 24.1. The first kappa shape index (κ1) is 21.5. The summed E-state index contributed by atoms with van der Waals surface area (Å²) in [5.41, 5.74) is 1.47. The molecule has 0 aromatic heterocycles. The molecule has 3 fully saturated rings. The highest BCUT2D eigenvalue weighted by atomic mass is 35.5. The lowest BCUT2D eigenvalue weighted by molar-refractivity contribution is -0.151. The maximum Gasteiger partial charge on any atom is 0.145 e. The quantitative estimate of drug-likeness (QED) is 0.429. The van der Waals surface area contributed by atoms with Crippen molar-refractivity contribution in [3.63, 3.8) is 0 Å². The molecule has 0 saturated heterocycles. The Labute approximate surface area is 180 Å². The molecule has 6 nitrogen and oxygen atoms in total. The first-order chi connectivity index (χ1) is 14.3. The van der Waals surface area contributed by atoms with Crippen molar-refractivity contribution in [3.05, 3.63) is 64.4 Å². The summed E-state index contributed by atoms with van der Waals surface area (Å²) in [6.07, 6.45) is 0.750. The number of aliphatic hydroxyl groups is 2. The number of halogens is 2. The molecule has 0 radical (unpaired) electrons. The van der Waals surface area contributed by atoms with Crippen LogP contribution in [0.3, 0.4) is 0 Å². The van der Waals surface area contributed by atoms with Gasteiger partial charge in [-0.15, -0.1) is 0 Å². The molecule has 0 amide bonds. The fourth-order valence-corrected chi connectivity index (χ4v) is 4.80. The highest BCUT2D eigenvalue weighted by Gasteiger charge is 2.68. The second kappa shape index (κ2) is 8.42. The number of aliphatic hydroxyl groups excluding tert-OH is 2. The zero-order valence-corrected chi connectivity index (χ0v) is 17.5. The second-order valence-corrected chi connectivity index (χ2v) is 8.72. The van der Waals surface area contributed by atoms with Crippen molar-refractivity contribution in [1.29, 1.82) is 0 Å². The zero-order valence-electron chi connectivity index (χ0n) is 16.7. The summed E-state index contributed by atoms with van der Waals surface area (Å²) >= 11 is 5.65. The van der Waals surface area contributed by atoms with Crippen LogP contribution in [0, 0.1) is 5.82 Å². The summed E-state index contributed by atoms with van der Waals surface area (Å²) in [6, 6.07) is 11.8. The van der Waals surface area contributed by atoms with Gasteiger partial charge in [-0.25, -0.2) is 4.39 Å². The van der Waals surface area contributed by atoms with Crippen molar-refractivity contribution in [3.8, 4) is 5.75 Å². The Hall–Kier alpha value is -1.74. The van der Waals surface area contributed by atoms with Gasteiger partial charge in [0.1, 0.15) is 30.6 Å². The predicted molar refractivity (Wildman–Crippen MR) is 111 cm³/mol. The van der Waals surface area contributed by atoms with Gasteiger partial charge < -0.3 is 19.7 Å². The summed E-state index contributed by atoms with van der Waals surface area (Å²) in [5.74, 6) is -0.249. The minimum Gasteiger partial charge on any atom is -0.489 e. The Bertz CT molecular complexity index is 893. The van der Waals surface area contributed by atoms with E-state index in [0.717, 1.165) is 30.4 Å². The zero-order chi connectivity index (χ0) is 21.4. The lowest BCUT2D eigenvalue weighted by atomic mass is 9.44. The molecule has 2 bridgehead atoms. The minimum absolute atomic E-state index is 0.00370. The second-order valence-electron chi connectivity index (χ2n) is 8.32. The molecule has 2 atom stereocenters. The largest absolute Gasteiger partial charge is 0.489 e. The van der Waals surface area contributed by atoms with E-state index >= 15 is 0 Å². The Balaban J connectivity index is 1.25. The number of nitrogens with one attached hydrogen (secondary N) is 2. The Morgan fingerprint density at radius 3 is 2.50 bits per heavy atom. The molecule has 0 aliphatic heterocycles. The smallest absolute Gasteiger partial charge is 0.145 e. The van der Waals surface area contributed by atoms with Crippen LogP contribution in [0.1, 0.15) is 36.6 Å². The molecule has 30 heavy (non-hydrogen) atoms. The van der Waals surface area contributed by atoms with Crippen LogP contribution in [0.2, 0.25) is 5.02 Å². The number of benzene rings is 2.